The molecule has 0 spiro atoms. The van der Waals surface area contributed by atoms with Crippen LogP contribution in [0.1, 0.15) is 39.2 Å². The first kappa shape index (κ1) is 29.9. The van der Waals surface area contributed by atoms with E-state index < -0.39 is 5.60 Å². The molecular weight excluding hydrogens is 582 g/mol. The van der Waals surface area contributed by atoms with Crippen LogP contribution in [0.3, 0.4) is 0 Å². The van der Waals surface area contributed by atoms with Crippen molar-refractivity contribution in [3.63, 3.8) is 0 Å². The van der Waals surface area contributed by atoms with Crippen molar-refractivity contribution >= 4 is 28.4 Å². The Balaban J connectivity index is 1.18. The zero-order valence-electron chi connectivity index (χ0n) is 25.2. The van der Waals surface area contributed by atoms with Gasteiger partial charge in [0.2, 0.25) is 11.7 Å². The number of ether oxygens (including phenoxy) is 3. The first-order valence-corrected chi connectivity index (χ1v) is 15.6. The Kier molecular flexibility index (Phi) is 9.00. The van der Waals surface area contributed by atoms with Crippen LogP contribution in [0.25, 0.3) is 16.4 Å². The van der Waals surface area contributed by atoms with E-state index in [0.717, 1.165) is 48.6 Å². The number of hydrogen-bond acceptors (Lipinski definition) is 12. The van der Waals surface area contributed by atoms with Crippen LogP contribution in [0, 0.1) is 0 Å². The lowest BCUT2D eigenvalue weighted by Crippen LogP contribution is -2.46. The van der Waals surface area contributed by atoms with Crippen molar-refractivity contribution < 1.29 is 19.0 Å². The molecule has 2 fully saturated rings. The third kappa shape index (κ3) is 7.87. The molecule has 44 heavy (non-hydrogen) atoms. The van der Waals surface area contributed by atoms with Gasteiger partial charge in [0.1, 0.15) is 17.5 Å². The van der Waals surface area contributed by atoms with Crippen molar-refractivity contribution in [3.8, 4) is 22.3 Å². The predicted molar refractivity (Wildman–Crippen MR) is 165 cm³/mol. The molecule has 232 valence electrons. The number of rotatable bonds is 8. The fraction of sp³-hybridized carbons (Fsp3) is 0.467. The molecule has 1 atom stereocenters. The van der Waals surface area contributed by atoms with E-state index in [2.05, 4.69) is 30.6 Å². The number of para-hydroxylation sites is 1. The van der Waals surface area contributed by atoms with Gasteiger partial charge in [-0.15, -0.1) is 15.0 Å². The van der Waals surface area contributed by atoms with E-state index in [4.69, 9.17) is 19.2 Å². The first-order chi connectivity index (χ1) is 21.3. The summed E-state index contributed by atoms with van der Waals surface area (Å²) in [4.78, 5) is 28.4. The topological polar surface area (TPSA) is 133 Å². The summed E-state index contributed by atoms with van der Waals surface area (Å²) in [6.07, 6.45) is 2.86. The normalized spacial score (nSPS) is 17.8. The maximum atomic E-state index is 12.7. The Labute approximate surface area is 260 Å². The van der Waals surface area contributed by atoms with Gasteiger partial charge in [0.05, 0.1) is 36.5 Å². The molecule has 0 saturated carbocycles. The van der Waals surface area contributed by atoms with Gasteiger partial charge < -0.3 is 24.4 Å². The highest BCUT2D eigenvalue weighted by Crippen LogP contribution is 2.30. The Morgan fingerprint density at radius 2 is 1.95 bits per heavy atom. The summed E-state index contributed by atoms with van der Waals surface area (Å²) in [6, 6.07) is 13.6. The van der Waals surface area contributed by atoms with E-state index in [0.29, 0.717) is 49.0 Å². The number of tetrazole rings is 1. The molecule has 0 bridgehead atoms. The van der Waals surface area contributed by atoms with Gasteiger partial charge in [-0.3, -0.25) is 4.90 Å². The largest absolute Gasteiger partial charge is 0.472 e. The van der Waals surface area contributed by atoms with Gasteiger partial charge in [-0.25, -0.2) is 9.78 Å². The zero-order chi connectivity index (χ0) is 30.5. The summed E-state index contributed by atoms with van der Waals surface area (Å²) in [6.45, 7) is 10.6. The second kappa shape index (κ2) is 13.2. The number of likely N-dealkylation sites (tertiary alicyclic amines) is 1. The first-order valence-electron chi connectivity index (χ1n) is 14.8. The highest BCUT2D eigenvalue weighted by Gasteiger charge is 2.29. The van der Waals surface area contributed by atoms with Crippen LogP contribution in [-0.4, -0.2) is 97.2 Å². The van der Waals surface area contributed by atoms with Gasteiger partial charge in [-0.05, 0) is 62.6 Å². The molecule has 6 rings (SSSR count). The molecule has 0 unspecified atom stereocenters. The molecule has 1 aromatic carbocycles. The molecule has 2 saturated heterocycles. The van der Waals surface area contributed by atoms with Crippen LogP contribution in [0.4, 0.5) is 15.7 Å². The minimum atomic E-state index is -0.551. The number of carbonyl (C=O) groups excluding carboxylic acids is 1. The number of hydrogen-bond donors (Lipinski definition) is 1. The summed E-state index contributed by atoms with van der Waals surface area (Å²) in [5, 5.41) is 16.9. The maximum absolute atomic E-state index is 12.7. The number of carbonyl (C=O) groups is 1. The van der Waals surface area contributed by atoms with Crippen molar-refractivity contribution in [2.24, 2.45) is 0 Å². The van der Waals surface area contributed by atoms with E-state index in [1.54, 1.807) is 11.1 Å². The Morgan fingerprint density at radius 3 is 2.75 bits per heavy atom. The standard InChI is InChI=1S/C30H37N9O4S/c1-30(2,3)43-29(40)38-11-7-10-23(20-38)42-26-17-21(19-37-12-14-41-15-13-37)16-25(32-26)33-28-31-18-24(44-28)27-34-36-39(35-27)22-8-5-4-6-9-22/h4-6,8-9,16-18,23H,7,10-15,19-20H2,1-3H3,(H,31,32,33)/t23-/m0/s1. The zero-order valence-corrected chi connectivity index (χ0v) is 26.0. The lowest BCUT2D eigenvalue weighted by Gasteiger charge is -2.34. The van der Waals surface area contributed by atoms with Crippen molar-refractivity contribution in [1.82, 2.24) is 40.0 Å². The molecule has 1 amide bonds. The summed E-state index contributed by atoms with van der Waals surface area (Å²) in [7, 11) is 0. The minimum absolute atomic E-state index is 0.194. The number of nitrogens with zero attached hydrogens (tertiary/aromatic N) is 8. The number of nitrogens with one attached hydrogen (secondary N) is 1. The molecule has 13 nitrogen and oxygen atoms in total. The predicted octanol–water partition coefficient (Wildman–Crippen LogP) is 4.53. The second-order valence-corrected chi connectivity index (χ2v) is 12.8. The van der Waals surface area contributed by atoms with Crippen molar-refractivity contribution in [2.75, 3.05) is 44.7 Å². The Bertz CT molecular complexity index is 1550. The average molecular weight is 620 g/mol. The third-order valence-electron chi connectivity index (χ3n) is 7.05. The summed E-state index contributed by atoms with van der Waals surface area (Å²) >= 11 is 1.41. The van der Waals surface area contributed by atoms with Crippen LogP contribution in [-0.2, 0) is 16.0 Å². The SMILES string of the molecule is CC(C)(C)OC(=O)N1CCC[C@H](Oc2cc(CN3CCOCC3)cc(Nc3ncc(-c4nnn(-c5ccccc5)n4)s3)n2)C1. The maximum Gasteiger partial charge on any atom is 0.410 e. The number of piperidine rings is 1. The van der Waals surface area contributed by atoms with E-state index in [1.807, 2.05) is 63.2 Å². The molecule has 2 aliphatic rings. The summed E-state index contributed by atoms with van der Waals surface area (Å²) in [5.74, 6) is 1.61. The van der Waals surface area contributed by atoms with Gasteiger partial charge in [0, 0.05) is 32.2 Å². The highest BCUT2D eigenvalue weighted by molar-refractivity contribution is 7.18. The van der Waals surface area contributed by atoms with Crippen LogP contribution < -0.4 is 10.1 Å². The second-order valence-electron chi connectivity index (χ2n) is 11.8. The third-order valence-corrected chi connectivity index (χ3v) is 7.96. The molecule has 4 aromatic rings. The number of amides is 1. The van der Waals surface area contributed by atoms with E-state index in [9.17, 15) is 4.79 Å². The van der Waals surface area contributed by atoms with Crippen LogP contribution in [0.2, 0.25) is 0 Å². The van der Waals surface area contributed by atoms with E-state index in [1.165, 1.54) is 16.1 Å². The molecule has 1 N–H and O–H groups in total. The fourth-order valence-corrected chi connectivity index (χ4v) is 5.77. The number of pyridine rings is 1. The molecule has 3 aromatic heterocycles. The van der Waals surface area contributed by atoms with Crippen molar-refractivity contribution in [2.45, 2.75) is 51.9 Å². The smallest absolute Gasteiger partial charge is 0.410 e. The van der Waals surface area contributed by atoms with Gasteiger partial charge in [0.15, 0.2) is 5.13 Å². The summed E-state index contributed by atoms with van der Waals surface area (Å²) < 4.78 is 17.5. The van der Waals surface area contributed by atoms with Gasteiger partial charge >= 0.3 is 6.09 Å². The van der Waals surface area contributed by atoms with Crippen LogP contribution >= 0.6 is 11.3 Å². The Hall–Kier alpha value is -4.14. The van der Waals surface area contributed by atoms with E-state index >= 15 is 0 Å². The van der Waals surface area contributed by atoms with Gasteiger partial charge in [-0.1, -0.05) is 29.5 Å². The minimum Gasteiger partial charge on any atom is -0.472 e. The molecule has 14 heteroatoms. The van der Waals surface area contributed by atoms with Crippen molar-refractivity contribution in [1.29, 1.82) is 0 Å². The van der Waals surface area contributed by atoms with Crippen molar-refractivity contribution in [3.05, 3.63) is 54.2 Å². The molecule has 0 aliphatic carbocycles. The number of thiazole rings is 1. The molecule has 2 aliphatic heterocycles. The number of morpholine rings is 1. The average Bonchev–Trinajstić information content (AvgIpc) is 3.68. The van der Waals surface area contributed by atoms with Crippen LogP contribution in [0.15, 0.2) is 48.7 Å². The van der Waals surface area contributed by atoms with Gasteiger partial charge in [-0.2, -0.15) is 4.98 Å². The fourth-order valence-electron chi connectivity index (χ4n) is 5.02. The summed E-state index contributed by atoms with van der Waals surface area (Å²) in [5.41, 5.74) is 1.34. The molecule has 5 heterocycles. The number of anilines is 2. The lowest BCUT2D eigenvalue weighted by atomic mass is 10.1. The highest BCUT2D eigenvalue weighted by atomic mass is 32.1. The Morgan fingerprint density at radius 1 is 1.14 bits per heavy atom. The van der Waals surface area contributed by atoms with Gasteiger partial charge in [0.25, 0.3) is 0 Å². The monoisotopic (exact) mass is 619 g/mol. The van der Waals surface area contributed by atoms with E-state index in [-0.39, 0.29) is 12.2 Å². The molecular formula is C30H37N9O4S. The van der Waals surface area contributed by atoms with Crippen LogP contribution in [0.5, 0.6) is 5.88 Å². The number of aromatic nitrogens is 6. The number of benzene rings is 1. The quantitative estimate of drug-likeness (QED) is 0.298. The molecule has 0 radical (unpaired) electrons. The lowest BCUT2D eigenvalue weighted by molar-refractivity contribution is 0.00718.